The van der Waals surface area contributed by atoms with Gasteiger partial charge < -0.3 is 14.8 Å². The Morgan fingerprint density at radius 3 is 2.95 bits per heavy atom. The van der Waals surface area contributed by atoms with Crippen LogP contribution in [0.3, 0.4) is 0 Å². The lowest BCUT2D eigenvalue weighted by Gasteiger charge is -2.07. The maximum Gasteiger partial charge on any atom is 0.213 e. The number of hydrogen-bond acceptors (Lipinski definition) is 6. The molecule has 0 aliphatic carbocycles. The molecule has 0 fully saturated rings. The highest BCUT2D eigenvalue weighted by molar-refractivity contribution is 7.10. The average Bonchev–Trinajstić information content (AvgIpc) is 2.95. The van der Waals surface area contributed by atoms with Crippen LogP contribution in [0.4, 0.5) is 5.69 Å². The molecule has 0 saturated heterocycles. The number of pyridine rings is 1. The first-order chi connectivity index (χ1) is 9.81. The molecule has 0 atom stereocenters. The van der Waals surface area contributed by atoms with E-state index in [2.05, 4.69) is 16.4 Å². The van der Waals surface area contributed by atoms with Crippen molar-refractivity contribution < 1.29 is 9.47 Å². The van der Waals surface area contributed by atoms with Gasteiger partial charge in [-0.2, -0.15) is 5.26 Å². The molecule has 2 aromatic rings. The predicted molar refractivity (Wildman–Crippen MR) is 78.0 cm³/mol. The fourth-order valence-corrected chi connectivity index (χ4v) is 2.27. The van der Waals surface area contributed by atoms with Crippen LogP contribution in [0.15, 0.2) is 29.8 Å². The summed E-state index contributed by atoms with van der Waals surface area (Å²) in [5.41, 5.74) is 1.61. The third-order valence-electron chi connectivity index (χ3n) is 2.52. The molecule has 0 aromatic carbocycles. The Kier molecular flexibility index (Phi) is 5.35. The normalized spacial score (nSPS) is 10.0. The molecule has 2 heterocycles. The van der Waals surface area contributed by atoms with Crippen molar-refractivity contribution in [1.82, 2.24) is 4.98 Å². The minimum absolute atomic E-state index is 0.488. The highest BCUT2D eigenvalue weighted by Crippen LogP contribution is 2.17. The van der Waals surface area contributed by atoms with Crippen LogP contribution < -0.4 is 10.1 Å². The molecule has 0 saturated carbocycles. The summed E-state index contributed by atoms with van der Waals surface area (Å²) in [4.78, 5) is 5.31. The first kappa shape index (κ1) is 14.3. The van der Waals surface area contributed by atoms with Crippen LogP contribution in [0.25, 0.3) is 0 Å². The van der Waals surface area contributed by atoms with Crippen molar-refractivity contribution in [2.45, 2.75) is 6.54 Å². The molecule has 20 heavy (non-hydrogen) atoms. The molecule has 0 aliphatic rings. The molecule has 0 aliphatic heterocycles. The standard InChI is InChI=1S/C14H15N3O2S/c1-18-4-5-19-14-3-2-12(8-17-14)16-9-13-6-11(7-15)10-20-13/h2-3,6,8,10,16H,4-5,9H2,1H3. The zero-order chi connectivity index (χ0) is 14.2. The summed E-state index contributed by atoms with van der Waals surface area (Å²) in [5, 5.41) is 13.9. The van der Waals surface area contributed by atoms with Gasteiger partial charge in [-0.1, -0.05) is 0 Å². The molecule has 2 aromatic heterocycles. The van der Waals surface area contributed by atoms with E-state index in [4.69, 9.17) is 14.7 Å². The second-order valence-electron chi connectivity index (χ2n) is 3.99. The molecular weight excluding hydrogens is 274 g/mol. The Labute approximate surface area is 121 Å². The first-order valence-electron chi connectivity index (χ1n) is 6.11. The van der Waals surface area contributed by atoms with Gasteiger partial charge in [-0.3, -0.25) is 0 Å². The van der Waals surface area contributed by atoms with Crippen LogP contribution in [0, 0.1) is 11.3 Å². The number of aromatic nitrogens is 1. The van der Waals surface area contributed by atoms with E-state index in [0.29, 0.717) is 31.2 Å². The Morgan fingerprint density at radius 2 is 2.30 bits per heavy atom. The van der Waals surface area contributed by atoms with Crippen molar-refractivity contribution in [2.75, 3.05) is 25.6 Å². The number of nitriles is 1. The van der Waals surface area contributed by atoms with Gasteiger partial charge in [0.15, 0.2) is 0 Å². The monoisotopic (exact) mass is 289 g/mol. The van der Waals surface area contributed by atoms with Crippen LogP contribution in [0.1, 0.15) is 10.4 Å². The molecule has 5 nitrogen and oxygen atoms in total. The number of anilines is 1. The van der Waals surface area contributed by atoms with Gasteiger partial charge in [0, 0.05) is 30.0 Å². The maximum atomic E-state index is 8.76. The van der Waals surface area contributed by atoms with E-state index in [1.807, 2.05) is 23.6 Å². The number of nitrogens with one attached hydrogen (secondary N) is 1. The van der Waals surface area contributed by atoms with Gasteiger partial charge >= 0.3 is 0 Å². The molecule has 2 rings (SSSR count). The highest BCUT2D eigenvalue weighted by atomic mass is 32.1. The maximum absolute atomic E-state index is 8.76. The molecule has 104 valence electrons. The van der Waals surface area contributed by atoms with E-state index >= 15 is 0 Å². The molecule has 0 unspecified atom stereocenters. The SMILES string of the molecule is COCCOc1ccc(NCc2cc(C#N)cs2)cn1. The van der Waals surface area contributed by atoms with E-state index in [1.54, 1.807) is 24.6 Å². The molecule has 6 heteroatoms. The number of rotatable bonds is 7. The van der Waals surface area contributed by atoms with Gasteiger partial charge in [-0.05, 0) is 12.1 Å². The fraction of sp³-hybridized carbons (Fsp3) is 0.286. The number of hydrogen-bond donors (Lipinski definition) is 1. The van der Waals surface area contributed by atoms with Gasteiger partial charge in [-0.25, -0.2) is 4.98 Å². The molecular formula is C14H15N3O2S. The van der Waals surface area contributed by atoms with Crippen molar-refractivity contribution in [3.8, 4) is 11.9 Å². The largest absolute Gasteiger partial charge is 0.475 e. The van der Waals surface area contributed by atoms with Gasteiger partial charge in [0.1, 0.15) is 12.7 Å². The first-order valence-corrected chi connectivity index (χ1v) is 6.99. The molecule has 1 N–H and O–H groups in total. The lowest BCUT2D eigenvalue weighted by molar-refractivity contribution is 0.144. The summed E-state index contributed by atoms with van der Waals surface area (Å²) in [6.45, 7) is 1.71. The van der Waals surface area contributed by atoms with Crippen LogP contribution in [-0.2, 0) is 11.3 Å². The third-order valence-corrected chi connectivity index (χ3v) is 3.46. The number of nitrogens with zero attached hydrogens (tertiary/aromatic N) is 2. The Morgan fingerprint density at radius 1 is 1.40 bits per heavy atom. The Hall–Kier alpha value is -2.10. The minimum Gasteiger partial charge on any atom is -0.475 e. The number of thiophene rings is 1. The van der Waals surface area contributed by atoms with Gasteiger partial charge in [0.05, 0.1) is 24.1 Å². The summed E-state index contributed by atoms with van der Waals surface area (Å²) in [6, 6.07) is 7.73. The molecule has 0 radical (unpaired) electrons. The van der Waals surface area contributed by atoms with Crippen molar-refractivity contribution in [1.29, 1.82) is 5.26 Å². The van der Waals surface area contributed by atoms with E-state index < -0.39 is 0 Å². The second kappa shape index (κ2) is 7.48. The van der Waals surface area contributed by atoms with Gasteiger partial charge in [0.25, 0.3) is 0 Å². The summed E-state index contributed by atoms with van der Waals surface area (Å²) in [5.74, 6) is 0.579. The summed E-state index contributed by atoms with van der Waals surface area (Å²) >= 11 is 1.57. The van der Waals surface area contributed by atoms with Crippen LogP contribution in [0.2, 0.25) is 0 Å². The predicted octanol–water partition coefficient (Wildman–Crippen LogP) is 2.65. The van der Waals surface area contributed by atoms with Crippen molar-refractivity contribution in [2.24, 2.45) is 0 Å². The topological polar surface area (TPSA) is 67.2 Å². The second-order valence-corrected chi connectivity index (χ2v) is 4.99. The zero-order valence-corrected chi connectivity index (χ0v) is 11.9. The minimum atomic E-state index is 0.488. The number of ether oxygens (including phenoxy) is 2. The molecule has 0 bridgehead atoms. The van der Waals surface area contributed by atoms with Gasteiger partial charge in [-0.15, -0.1) is 11.3 Å². The number of methoxy groups -OCH3 is 1. The average molecular weight is 289 g/mol. The summed E-state index contributed by atoms with van der Waals surface area (Å²) < 4.78 is 10.3. The fourth-order valence-electron chi connectivity index (χ4n) is 1.52. The van der Waals surface area contributed by atoms with Crippen molar-refractivity contribution in [3.05, 3.63) is 40.2 Å². The van der Waals surface area contributed by atoms with Crippen molar-refractivity contribution >= 4 is 17.0 Å². The highest BCUT2D eigenvalue weighted by Gasteiger charge is 2.00. The zero-order valence-electron chi connectivity index (χ0n) is 11.1. The third kappa shape index (κ3) is 4.23. The Balaban J connectivity index is 1.83. The van der Waals surface area contributed by atoms with Crippen LogP contribution >= 0.6 is 11.3 Å². The van der Waals surface area contributed by atoms with Crippen molar-refractivity contribution in [3.63, 3.8) is 0 Å². The lowest BCUT2D eigenvalue weighted by atomic mass is 10.3. The van der Waals surface area contributed by atoms with E-state index in [1.165, 1.54) is 0 Å². The molecule has 0 amide bonds. The summed E-state index contributed by atoms with van der Waals surface area (Å²) in [7, 11) is 1.63. The smallest absolute Gasteiger partial charge is 0.213 e. The lowest BCUT2D eigenvalue weighted by Crippen LogP contribution is -2.05. The quantitative estimate of drug-likeness (QED) is 0.794. The summed E-state index contributed by atoms with van der Waals surface area (Å²) in [6.07, 6.45) is 1.72. The molecule has 0 spiro atoms. The van der Waals surface area contributed by atoms with E-state index in [9.17, 15) is 0 Å². The van der Waals surface area contributed by atoms with Gasteiger partial charge in [0.2, 0.25) is 5.88 Å². The van der Waals surface area contributed by atoms with E-state index in [-0.39, 0.29) is 0 Å². The van der Waals surface area contributed by atoms with Crippen LogP contribution in [0.5, 0.6) is 5.88 Å². The van der Waals surface area contributed by atoms with E-state index in [0.717, 1.165) is 10.6 Å². The van der Waals surface area contributed by atoms with Crippen LogP contribution in [-0.4, -0.2) is 25.3 Å². The Bertz CT molecular complexity index is 575.